The Labute approximate surface area is 102 Å². The molecule has 0 spiro atoms. The maximum atomic E-state index is 5.59. The summed E-state index contributed by atoms with van der Waals surface area (Å²) >= 11 is 0. The number of aromatic nitrogens is 2. The fourth-order valence-electron chi connectivity index (χ4n) is 2.26. The highest BCUT2D eigenvalue weighted by atomic mass is 15.3. The summed E-state index contributed by atoms with van der Waals surface area (Å²) in [5, 5.41) is 4.54. The lowest BCUT2D eigenvalue weighted by molar-refractivity contribution is 0.604. The monoisotopic (exact) mass is 229 g/mol. The zero-order valence-corrected chi connectivity index (χ0v) is 10.7. The summed E-state index contributed by atoms with van der Waals surface area (Å²) in [7, 11) is 0. The van der Waals surface area contributed by atoms with Crippen molar-refractivity contribution in [1.29, 1.82) is 0 Å². The normalized spacial score (nSPS) is 10.8. The van der Waals surface area contributed by atoms with Gasteiger partial charge in [0.25, 0.3) is 0 Å². The first-order chi connectivity index (χ1) is 8.13. The van der Waals surface area contributed by atoms with Gasteiger partial charge in [0, 0.05) is 17.8 Å². The third kappa shape index (κ3) is 2.24. The molecular weight excluding hydrogens is 210 g/mol. The Morgan fingerprint density at radius 2 is 2.00 bits per heavy atom. The van der Waals surface area contributed by atoms with Gasteiger partial charge >= 0.3 is 0 Å². The maximum Gasteiger partial charge on any atom is 0.0674 e. The van der Waals surface area contributed by atoms with E-state index in [9.17, 15) is 0 Å². The highest BCUT2D eigenvalue weighted by Crippen LogP contribution is 2.27. The fourth-order valence-corrected chi connectivity index (χ4v) is 2.26. The molecule has 0 amide bonds. The highest BCUT2D eigenvalue weighted by Gasteiger charge is 2.12. The van der Waals surface area contributed by atoms with Gasteiger partial charge in [0.05, 0.1) is 12.2 Å². The Morgan fingerprint density at radius 1 is 1.24 bits per heavy atom. The van der Waals surface area contributed by atoms with E-state index in [0.29, 0.717) is 6.54 Å². The molecule has 0 aliphatic carbocycles. The molecule has 2 aromatic rings. The van der Waals surface area contributed by atoms with Crippen LogP contribution < -0.4 is 5.73 Å². The second-order valence-corrected chi connectivity index (χ2v) is 4.43. The fraction of sp³-hybridized carbons (Fsp3) is 0.357. The van der Waals surface area contributed by atoms with Crippen LogP contribution >= 0.6 is 0 Å². The van der Waals surface area contributed by atoms with Crippen LogP contribution in [0.3, 0.4) is 0 Å². The molecule has 3 heteroatoms. The maximum absolute atomic E-state index is 5.59. The van der Waals surface area contributed by atoms with Gasteiger partial charge in [-0.1, -0.05) is 29.8 Å². The minimum absolute atomic E-state index is 0.620. The van der Waals surface area contributed by atoms with Gasteiger partial charge in [-0.05, 0) is 26.3 Å². The molecule has 2 rings (SSSR count). The van der Waals surface area contributed by atoms with E-state index < -0.39 is 0 Å². The van der Waals surface area contributed by atoms with E-state index in [4.69, 9.17) is 5.73 Å². The van der Waals surface area contributed by atoms with Crippen molar-refractivity contribution in [3.8, 4) is 11.1 Å². The number of aryl methyl sites for hydroxylation is 2. The molecule has 90 valence electrons. The number of nitrogens with zero attached hydrogens (tertiary/aromatic N) is 2. The van der Waals surface area contributed by atoms with Gasteiger partial charge in [0.1, 0.15) is 0 Å². The molecule has 17 heavy (non-hydrogen) atoms. The predicted molar refractivity (Wildman–Crippen MR) is 70.9 cm³/mol. The van der Waals surface area contributed by atoms with Gasteiger partial charge < -0.3 is 5.73 Å². The summed E-state index contributed by atoms with van der Waals surface area (Å²) in [6.45, 7) is 7.66. The van der Waals surface area contributed by atoms with Gasteiger partial charge in [-0.15, -0.1) is 0 Å². The third-order valence-corrected chi connectivity index (χ3v) is 3.03. The summed E-state index contributed by atoms with van der Waals surface area (Å²) in [6.07, 6.45) is 0. The van der Waals surface area contributed by atoms with Gasteiger partial charge in [-0.2, -0.15) is 5.10 Å². The standard InChI is InChI=1S/C14H19N3/c1-10-5-4-6-13(9-10)14-11(2)16-17(8-7-15)12(14)3/h4-6,9H,7-8,15H2,1-3H3. The summed E-state index contributed by atoms with van der Waals surface area (Å²) < 4.78 is 1.99. The van der Waals surface area contributed by atoms with Crippen molar-refractivity contribution >= 4 is 0 Å². The zero-order valence-electron chi connectivity index (χ0n) is 10.7. The number of nitrogens with two attached hydrogens (primary N) is 1. The SMILES string of the molecule is Cc1cccc(-c2c(C)nn(CCN)c2C)c1. The lowest BCUT2D eigenvalue weighted by Crippen LogP contribution is -2.12. The van der Waals surface area contributed by atoms with Crippen LogP contribution in [0.25, 0.3) is 11.1 Å². The highest BCUT2D eigenvalue weighted by molar-refractivity contribution is 5.69. The van der Waals surface area contributed by atoms with E-state index in [-0.39, 0.29) is 0 Å². The van der Waals surface area contributed by atoms with Crippen LogP contribution in [0.2, 0.25) is 0 Å². The molecule has 3 nitrogen and oxygen atoms in total. The van der Waals surface area contributed by atoms with Crippen molar-refractivity contribution in [2.45, 2.75) is 27.3 Å². The Morgan fingerprint density at radius 3 is 2.65 bits per heavy atom. The van der Waals surface area contributed by atoms with Crippen molar-refractivity contribution in [1.82, 2.24) is 9.78 Å². The smallest absolute Gasteiger partial charge is 0.0674 e. The summed E-state index contributed by atoms with van der Waals surface area (Å²) in [5.41, 5.74) is 11.6. The molecule has 0 aliphatic heterocycles. The first-order valence-corrected chi connectivity index (χ1v) is 5.94. The van der Waals surface area contributed by atoms with Crippen molar-refractivity contribution < 1.29 is 0 Å². The average molecular weight is 229 g/mol. The van der Waals surface area contributed by atoms with Crippen molar-refractivity contribution in [2.75, 3.05) is 6.54 Å². The summed E-state index contributed by atoms with van der Waals surface area (Å²) in [6, 6.07) is 8.53. The minimum Gasteiger partial charge on any atom is -0.329 e. The lowest BCUT2D eigenvalue weighted by Gasteiger charge is -2.05. The van der Waals surface area contributed by atoms with Gasteiger partial charge in [-0.3, -0.25) is 4.68 Å². The van der Waals surface area contributed by atoms with Crippen molar-refractivity contribution in [2.24, 2.45) is 5.73 Å². The Hall–Kier alpha value is -1.61. The van der Waals surface area contributed by atoms with Crippen LogP contribution in [0.15, 0.2) is 24.3 Å². The summed E-state index contributed by atoms with van der Waals surface area (Å²) in [5.74, 6) is 0. The minimum atomic E-state index is 0.620. The van der Waals surface area contributed by atoms with Crippen molar-refractivity contribution in [3.63, 3.8) is 0 Å². The summed E-state index contributed by atoms with van der Waals surface area (Å²) in [4.78, 5) is 0. The Kier molecular flexibility index (Phi) is 3.29. The second kappa shape index (κ2) is 4.72. The number of benzene rings is 1. The predicted octanol–water partition coefficient (Wildman–Crippen LogP) is 2.43. The molecule has 0 radical (unpaired) electrons. The van der Waals surface area contributed by atoms with E-state index in [1.165, 1.54) is 22.4 Å². The quantitative estimate of drug-likeness (QED) is 0.878. The van der Waals surface area contributed by atoms with Crippen LogP contribution in [0.1, 0.15) is 17.0 Å². The average Bonchev–Trinajstić information content (AvgIpc) is 2.55. The van der Waals surface area contributed by atoms with Crippen LogP contribution in [-0.4, -0.2) is 16.3 Å². The van der Waals surface area contributed by atoms with E-state index in [1.54, 1.807) is 0 Å². The first-order valence-electron chi connectivity index (χ1n) is 5.94. The molecule has 0 bridgehead atoms. The molecule has 1 aromatic heterocycles. The molecule has 0 atom stereocenters. The molecule has 0 fully saturated rings. The number of hydrogen-bond donors (Lipinski definition) is 1. The number of rotatable bonds is 3. The van der Waals surface area contributed by atoms with Crippen molar-refractivity contribution in [3.05, 3.63) is 41.2 Å². The molecule has 0 saturated carbocycles. The van der Waals surface area contributed by atoms with E-state index in [0.717, 1.165) is 12.2 Å². The largest absolute Gasteiger partial charge is 0.329 e. The Balaban J connectivity index is 2.52. The van der Waals surface area contributed by atoms with Crippen LogP contribution in [0, 0.1) is 20.8 Å². The molecule has 0 aliphatic rings. The second-order valence-electron chi connectivity index (χ2n) is 4.43. The van der Waals surface area contributed by atoms with Gasteiger partial charge in [-0.25, -0.2) is 0 Å². The molecule has 1 aromatic carbocycles. The van der Waals surface area contributed by atoms with E-state index in [1.807, 2.05) is 4.68 Å². The molecular formula is C14H19N3. The molecule has 1 heterocycles. The lowest BCUT2D eigenvalue weighted by atomic mass is 10.0. The van der Waals surface area contributed by atoms with Crippen LogP contribution in [0.4, 0.5) is 0 Å². The first kappa shape index (κ1) is 11.9. The van der Waals surface area contributed by atoms with E-state index in [2.05, 4.69) is 50.1 Å². The van der Waals surface area contributed by atoms with Gasteiger partial charge in [0.15, 0.2) is 0 Å². The van der Waals surface area contributed by atoms with Gasteiger partial charge in [0.2, 0.25) is 0 Å². The topological polar surface area (TPSA) is 43.8 Å². The Bertz CT molecular complexity index is 526. The molecule has 2 N–H and O–H groups in total. The number of hydrogen-bond acceptors (Lipinski definition) is 2. The zero-order chi connectivity index (χ0) is 12.4. The van der Waals surface area contributed by atoms with Crippen LogP contribution in [-0.2, 0) is 6.54 Å². The third-order valence-electron chi connectivity index (χ3n) is 3.03. The van der Waals surface area contributed by atoms with Crippen LogP contribution in [0.5, 0.6) is 0 Å². The van der Waals surface area contributed by atoms with E-state index >= 15 is 0 Å². The molecule has 0 saturated heterocycles. The molecule has 0 unspecified atom stereocenters.